The predicted octanol–water partition coefficient (Wildman–Crippen LogP) is 2.77. The van der Waals surface area contributed by atoms with E-state index in [1.54, 1.807) is 12.2 Å². The summed E-state index contributed by atoms with van der Waals surface area (Å²) < 4.78 is 0. The van der Waals surface area contributed by atoms with E-state index in [4.69, 9.17) is 10.2 Å². The molecule has 0 amide bonds. The van der Waals surface area contributed by atoms with E-state index >= 15 is 0 Å². The Bertz CT molecular complexity index is 434. The first-order valence-electron chi connectivity index (χ1n) is 8.65. The number of hydrogen-bond acceptors (Lipinski definition) is 6. The summed E-state index contributed by atoms with van der Waals surface area (Å²) >= 11 is 0. The van der Waals surface area contributed by atoms with Gasteiger partial charge in [0.05, 0.1) is 12.6 Å². The average molecular weight is 340 g/mol. The SMILES string of the molecule is CC1(C)CC(N=C=O)CC(C)(CN=C=O)C1.OCCCCCCO. The molecule has 2 N–H and O–H groups in total. The van der Waals surface area contributed by atoms with Crippen molar-refractivity contribution < 1.29 is 19.8 Å². The molecule has 1 aliphatic carbocycles. The van der Waals surface area contributed by atoms with E-state index in [2.05, 4.69) is 30.8 Å². The Morgan fingerprint density at radius 3 is 2.00 bits per heavy atom. The van der Waals surface area contributed by atoms with Crippen molar-refractivity contribution in [3.05, 3.63) is 0 Å². The summed E-state index contributed by atoms with van der Waals surface area (Å²) in [6, 6.07) is 0.00750. The first-order chi connectivity index (χ1) is 11.3. The van der Waals surface area contributed by atoms with Gasteiger partial charge in [0.15, 0.2) is 0 Å². The van der Waals surface area contributed by atoms with Crippen molar-refractivity contribution in [2.75, 3.05) is 19.8 Å². The van der Waals surface area contributed by atoms with E-state index in [0.717, 1.165) is 44.9 Å². The highest BCUT2D eigenvalue weighted by molar-refractivity contribution is 5.34. The van der Waals surface area contributed by atoms with Crippen molar-refractivity contribution in [1.82, 2.24) is 0 Å². The second-order valence-corrected chi connectivity index (χ2v) is 7.70. The zero-order valence-corrected chi connectivity index (χ0v) is 15.3. The molecule has 6 nitrogen and oxygen atoms in total. The van der Waals surface area contributed by atoms with Crippen LogP contribution in [0, 0.1) is 10.8 Å². The van der Waals surface area contributed by atoms with E-state index in [0.29, 0.717) is 6.54 Å². The molecule has 0 bridgehead atoms. The lowest BCUT2D eigenvalue weighted by atomic mass is 9.63. The molecule has 0 aliphatic heterocycles. The molecule has 0 aromatic heterocycles. The highest BCUT2D eigenvalue weighted by Gasteiger charge is 2.41. The van der Waals surface area contributed by atoms with Crippen LogP contribution in [0.2, 0.25) is 0 Å². The predicted molar refractivity (Wildman–Crippen MR) is 93.3 cm³/mol. The number of aliphatic imine (C=N–C) groups is 2. The molecule has 2 unspecified atom stereocenters. The molecule has 2 atom stereocenters. The molecule has 0 saturated heterocycles. The molecule has 0 spiro atoms. The van der Waals surface area contributed by atoms with Crippen LogP contribution in [0.3, 0.4) is 0 Å². The molecule has 1 fully saturated rings. The number of nitrogens with zero attached hydrogens (tertiary/aromatic N) is 2. The number of aliphatic hydroxyl groups is 2. The number of isocyanates is 2. The molecule has 0 heterocycles. The molecule has 0 aromatic rings. The lowest BCUT2D eigenvalue weighted by Gasteiger charge is -2.44. The normalized spacial score (nSPS) is 24.8. The molecular weight excluding hydrogens is 308 g/mol. The van der Waals surface area contributed by atoms with Crippen molar-refractivity contribution in [3.8, 4) is 0 Å². The Morgan fingerprint density at radius 2 is 1.54 bits per heavy atom. The van der Waals surface area contributed by atoms with Crippen molar-refractivity contribution in [3.63, 3.8) is 0 Å². The van der Waals surface area contributed by atoms with Gasteiger partial charge in [-0.05, 0) is 42.9 Å². The third-order valence-electron chi connectivity index (χ3n) is 4.25. The van der Waals surface area contributed by atoms with E-state index in [1.165, 1.54) is 0 Å². The van der Waals surface area contributed by atoms with Crippen LogP contribution in [0.15, 0.2) is 9.98 Å². The smallest absolute Gasteiger partial charge is 0.235 e. The van der Waals surface area contributed by atoms with Crippen molar-refractivity contribution in [2.24, 2.45) is 20.8 Å². The summed E-state index contributed by atoms with van der Waals surface area (Å²) in [7, 11) is 0. The average Bonchev–Trinajstić information content (AvgIpc) is 2.49. The summed E-state index contributed by atoms with van der Waals surface area (Å²) in [5.41, 5.74) is 0.0561. The fourth-order valence-corrected chi connectivity index (χ4v) is 3.67. The summed E-state index contributed by atoms with van der Waals surface area (Å²) in [6.07, 6.45) is 9.71. The zero-order valence-electron chi connectivity index (χ0n) is 15.3. The highest BCUT2D eigenvalue weighted by Crippen LogP contribution is 2.47. The van der Waals surface area contributed by atoms with Crippen LogP contribution in [0.4, 0.5) is 0 Å². The lowest BCUT2D eigenvalue weighted by molar-refractivity contribution is 0.0915. The molecule has 138 valence electrons. The Morgan fingerprint density at radius 1 is 0.958 bits per heavy atom. The van der Waals surface area contributed by atoms with Gasteiger partial charge < -0.3 is 10.2 Å². The van der Waals surface area contributed by atoms with E-state index in [-0.39, 0.29) is 30.1 Å². The van der Waals surface area contributed by atoms with Crippen LogP contribution >= 0.6 is 0 Å². The van der Waals surface area contributed by atoms with E-state index in [1.807, 2.05) is 0 Å². The van der Waals surface area contributed by atoms with Crippen molar-refractivity contribution in [2.45, 2.75) is 71.8 Å². The maximum absolute atomic E-state index is 10.3. The van der Waals surface area contributed by atoms with Crippen LogP contribution in [-0.2, 0) is 9.59 Å². The number of hydrogen-bond donors (Lipinski definition) is 2. The van der Waals surface area contributed by atoms with Gasteiger partial charge in [-0.2, -0.15) is 0 Å². The van der Waals surface area contributed by atoms with Crippen LogP contribution in [-0.4, -0.2) is 48.2 Å². The molecule has 0 aromatic carbocycles. The van der Waals surface area contributed by atoms with Gasteiger partial charge in [0, 0.05) is 13.2 Å². The largest absolute Gasteiger partial charge is 0.396 e. The topological polar surface area (TPSA) is 99.3 Å². The first-order valence-corrected chi connectivity index (χ1v) is 8.65. The van der Waals surface area contributed by atoms with E-state index in [9.17, 15) is 9.59 Å². The third-order valence-corrected chi connectivity index (χ3v) is 4.25. The van der Waals surface area contributed by atoms with Crippen LogP contribution in [0.1, 0.15) is 65.7 Å². The van der Waals surface area contributed by atoms with Gasteiger partial charge in [-0.25, -0.2) is 19.6 Å². The number of aliphatic hydroxyl groups excluding tert-OH is 2. The second-order valence-electron chi connectivity index (χ2n) is 7.70. The van der Waals surface area contributed by atoms with Crippen LogP contribution in [0.25, 0.3) is 0 Å². The Kier molecular flexibility index (Phi) is 11.4. The molecular formula is C18H32N2O4. The maximum atomic E-state index is 10.3. The van der Waals surface area contributed by atoms with Crippen molar-refractivity contribution >= 4 is 12.2 Å². The number of unbranched alkanes of at least 4 members (excludes halogenated alkanes) is 3. The standard InChI is InChI=1S/C12H18N2O2.C6H14O2/c1-11(2)4-10(14-9-16)5-12(3,6-11)7-13-8-15;7-5-3-1-2-4-6-8/h10H,4-7H2,1-3H3;7-8H,1-6H2. The van der Waals surface area contributed by atoms with Gasteiger partial charge in [-0.3, -0.25) is 0 Å². The summed E-state index contributed by atoms with van der Waals surface area (Å²) in [4.78, 5) is 28.0. The van der Waals surface area contributed by atoms with Gasteiger partial charge >= 0.3 is 0 Å². The Balaban J connectivity index is 0.000000561. The fraction of sp³-hybridized carbons (Fsp3) is 0.889. The minimum Gasteiger partial charge on any atom is -0.396 e. The van der Waals surface area contributed by atoms with Crippen molar-refractivity contribution in [1.29, 1.82) is 0 Å². The molecule has 24 heavy (non-hydrogen) atoms. The maximum Gasteiger partial charge on any atom is 0.235 e. The zero-order chi connectivity index (χ0) is 18.5. The second kappa shape index (κ2) is 12.1. The van der Waals surface area contributed by atoms with Gasteiger partial charge in [-0.15, -0.1) is 0 Å². The summed E-state index contributed by atoms with van der Waals surface area (Å²) in [5, 5.41) is 16.6. The van der Waals surface area contributed by atoms with Gasteiger partial charge in [0.1, 0.15) is 0 Å². The molecule has 1 rings (SSSR count). The van der Waals surface area contributed by atoms with Gasteiger partial charge in [0.25, 0.3) is 0 Å². The quantitative estimate of drug-likeness (QED) is 0.403. The Hall–Kier alpha value is -1.32. The third kappa shape index (κ3) is 10.5. The molecule has 0 radical (unpaired) electrons. The Labute approximate surface area is 145 Å². The number of carbonyl (C=O) groups excluding carboxylic acids is 2. The van der Waals surface area contributed by atoms with Gasteiger partial charge in [0.2, 0.25) is 12.2 Å². The minimum absolute atomic E-state index is 0.00750. The summed E-state index contributed by atoms with van der Waals surface area (Å²) in [5.74, 6) is 0. The highest BCUT2D eigenvalue weighted by atomic mass is 16.3. The van der Waals surface area contributed by atoms with Crippen LogP contribution < -0.4 is 0 Å². The first kappa shape index (κ1) is 22.7. The molecule has 6 heteroatoms. The molecule has 1 saturated carbocycles. The van der Waals surface area contributed by atoms with Gasteiger partial charge in [-0.1, -0.05) is 33.6 Å². The minimum atomic E-state index is -0.0653. The number of rotatable bonds is 8. The molecule has 1 aliphatic rings. The van der Waals surface area contributed by atoms with Crippen LogP contribution in [0.5, 0.6) is 0 Å². The monoisotopic (exact) mass is 340 g/mol. The van der Waals surface area contributed by atoms with E-state index < -0.39 is 0 Å². The lowest BCUT2D eigenvalue weighted by Crippen LogP contribution is -2.39. The fourth-order valence-electron chi connectivity index (χ4n) is 3.67. The summed E-state index contributed by atoms with van der Waals surface area (Å²) in [6.45, 7) is 7.43.